The molecule has 0 bridgehead atoms. The normalized spacial score (nSPS) is 13.3. The van der Waals surface area contributed by atoms with Crippen LogP contribution in [0.15, 0.2) is 12.5 Å². The van der Waals surface area contributed by atoms with Gasteiger partial charge in [-0.25, -0.2) is 15.0 Å². The highest BCUT2D eigenvalue weighted by Gasteiger charge is 2.31. The van der Waals surface area contributed by atoms with E-state index in [0.29, 0.717) is 0 Å². The largest absolute Gasteiger partial charge is 0.351 e. The third-order valence-electron chi connectivity index (χ3n) is 5.38. The van der Waals surface area contributed by atoms with E-state index in [0.717, 1.165) is 18.5 Å². The van der Waals surface area contributed by atoms with Gasteiger partial charge >= 0.3 is 0 Å². The molecule has 3 heterocycles. The Bertz CT molecular complexity index is 969. The van der Waals surface area contributed by atoms with E-state index in [1.807, 2.05) is 28.9 Å². The summed E-state index contributed by atoms with van der Waals surface area (Å²) in [7, 11) is 0. The average Bonchev–Trinajstić information content (AvgIpc) is 3.26. The van der Waals surface area contributed by atoms with Crippen LogP contribution in [0.4, 0.5) is 0 Å². The number of H-pyrrole nitrogens is 1. The minimum Gasteiger partial charge on any atom is -0.351 e. The van der Waals surface area contributed by atoms with Crippen LogP contribution in [0.25, 0.3) is 0 Å². The number of nitrogens with one attached hydrogen (secondary N) is 1. The first-order valence-electron chi connectivity index (χ1n) is 10.2. The molecule has 0 unspecified atom stereocenters. The van der Waals surface area contributed by atoms with Gasteiger partial charge in [-0.05, 0) is 19.3 Å². The lowest BCUT2D eigenvalue weighted by Gasteiger charge is -2.23. The molecule has 0 fully saturated rings. The maximum absolute atomic E-state index is 5.11. The number of thiazole rings is 2. The van der Waals surface area contributed by atoms with Gasteiger partial charge in [-0.15, -0.1) is 22.7 Å². The van der Waals surface area contributed by atoms with Gasteiger partial charge in [0.2, 0.25) is 0 Å². The van der Waals surface area contributed by atoms with E-state index in [-0.39, 0.29) is 16.2 Å². The van der Waals surface area contributed by atoms with E-state index in [2.05, 4.69) is 72.3 Å². The van der Waals surface area contributed by atoms with Crippen molar-refractivity contribution >= 4 is 22.7 Å². The first-order valence-corrected chi connectivity index (χ1v) is 11.9. The van der Waals surface area contributed by atoms with Crippen LogP contribution in [0, 0.1) is 13.8 Å². The second kappa shape index (κ2) is 7.62. The van der Waals surface area contributed by atoms with Crippen molar-refractivity contribution in [3.63, 3.8) is 0 Å². The summed E-state index contributed by atoms with van der Waals surface area (Å²) in [4.78, 5) is 20.2. The smallest absolute Gasteiger partial charge is 0.0940 e. The van der Waals surface area contributed by atoms with Gasteiger partial charge in [0.05, 0.1) is 33.4 Å². The molecule has 0 spiro atoms. The van der Waals surface area contributed by atoms with E-state index in [9.17, 15) is 0 Å². The first kappa shape index (κ1) is 22.2. The van der Waals surface area contributed by atoms with Crippen LogP contribution >= 0.6 is 22.7 Å². The quantitative estimate of drug-likeness (QED) is 0.501. The molecule has 0 radical (unpaired) electrons. The molecule has 6 heteroatoms. The second-order valence-electron chi connectivity index (χ2n) is 10.4. The lowest BCUT2D eigenvalue weighted by atomic mass is 9.84. The van der Waals surface area contributed by atoms with Crippen molar-refractivity contribution in [2.24, 2.45) is 0 Å². The Morgan fingerprint density at radius 3 is 2.03 bits per heavy atom. The minimum absolute atomic E-state index is 0.0419. The Balaban J connectivity index is 1.83. The highest BCUT2D eigenvalue weighted by Crippen LogP contribution is 2.38. The molecule has 0 saturated carbocycles. The van der Waals surface area contributed by atoms with Crippen LogP contribution in [-0.2, 0) is 29.1 Å². The lowest BCUT2D eigenvalue weighted by Crippen LogP contribution is -2.23. The van der Waals surface area contributed by atoms with E-state index < -0.39 is 0 Å². The van der Waals surface area contributed by atoms with Crippen molar-refractivity contribution in [1.29, 1.82) is 0 Å². The lowest BCUT2D eigenvalue weighted by molar-refractivity contribution is 0.488. The summed E-state index contributed by atoms with van der Waals surface area (Å²) in [5.74, 6) is 0. The summed E-state index contributed by atoms with van der Waals surface area (Å²) in [6.07, 6.45) is 5.55. The molecular weight excluding hydrogens is 396 g/mol. The van der Waals surface area contributed by atoms with Crippen LogP contribution in [0.1, 0.15) is 85.3 Å². The molecule has 1 N–H and O–H groups in total. The fourth-order valence-corrected chi connectivity index (χ4v) is 6.63. The first-order chi connectivity index (χ1) is 13.3. The summed E-state index contributed by atoms with van der Waals surface area (Å²) in [5, 5.41) is 2.40. The standard InChI is InChI=1S/C23H34N4S2/c1-14-20(21(3,4)5)29-17(26-14)11-23(8,9)19-15(2)28-18(27-19)10-22(6,7)16-12-24-13-25-16/h12-13H,10-11H2,1-9H3,(H,24,25). The number of hydrogen-bond donors (Lipinski definition) is 1. The Kier molecular flexibility index (Phi) is 5.82. The predicted octanol–water partition coefficient (Wildman–Crippen LogP) is 6.28. The molecule has 0 atom stereocenters. The van der Waals surface area contributed by atoms with Crippen LogP contribution < -0.4 is 0 Å². The maximum Gasteiger partial charge on any atom is 0.0940 e. The van der Waals surface area contributed by atoms with Crippen molar-refractivity contribution in [3.8, 4) is 0 Å². The average molecular weight is 431 g/mol. The molecule has 3 rings (SSSR count). The molecular formula is C23H34N4S2. The Hall–Kier alpha value is -1.53. The number of aromatic amines is 1. The molecule has 4 nitrogen and oxygen atoms in total. The molecule has 29 heavy (non-hydrogen) atoms. The van der Waals surface area contributed by atoms with Gasteiger partial charge < -0.3 is 4.98 Å². The monoisotopic (exact) mass is 430 g/mol. The predicted molar refractivity (Wildman–Crippen MR) is 124 cm³/mol. The molecule has 0 aliphatic carbocycles. The minimum atomic E-state index is -0.0469. The topological polar surface area (TPSA) is 54.5 Å². The zero-order valence-electron chi connectivity index (χ0n) is 19.2. The van der Waals surface area contributed by atoms with Crippen LogP contribution in [0.3, 0.4) is 0 Å². The molecule has 0 amide bonds. The molecule has 0 aliphatic heterocycles. The third kappa shape index (κ3) is 4.80. The third-order valence-corrected chi connectivity index (χ3v) is 7.94. The highest BCUT2D eigenvalue weighted by atomic mass is 32.1. The van der Waals surface area contributed by atoms with Crippen LogP contribution in [0.5, 0.6) is 0 Å². The highest BCUT2D eigenvalue weighted by molar-refractivity contribution is 7.12. The molecule has 3 aromatic rings. The zero-order valence-corrected chi connectivity index (χ0v) is 20.9. The van der Waals surface area contributed by atoms with E-state index in [1.165, 1.54) is 31.2 Å². The van der Waals surface area contributed by atoms with E-state index in [4.69, 9.17) is 9.97 Å². The van der Waals surface area contributed by atoms with Gasteiger partial charge in [0, 0.05) is 39.6 Å². The van der Waals surface area contributed by atoms with E-state index >= 15 is 0 Å². The second-order valence-corrected chi connectivity index (χ2v) is 12.7. The van der Waals surface area contributed by atoms with Crippen LogP contribution in [-0.4, -0.2) is 19.9 Å². The SMILES string of the molecule is Cc1nc(CC(C)(C)c2nc(CC(C)(C)c3c[nH]cn3)sc2C)sc1C(C)(C)C. The molecule has 3 aromatic heterocycles. The number of imidazole rings is 1. The van der Waals surface area contributed by atoms with Gasteiger partial charge in [0.1, 0.15) is 0 Å². The van der Waals surface area contributed by atoms with Gasteiger partial charge in [0.25, 0.3) is 0 Å². The van der Waals surface area contributed by atoms with E-state index in [1.54, 1.807) is 6.33 Å². The van der Waals surface area contributed by atoms with Gasteiger partial charge in [-0.2, -0.15) is 0 Å². The number of rotatable bonds is 6. The fraction of sp³-hybridized carbons (Fsp3) is 0.609. The Labute approximate surface area is 183 Å². The number of aromatic nitrogens is 4. The Morgan fingerprint density at radius 2 is 1.48 bits per heavy atom. The van der Waals surface area contributed by atoms with Gasteiger partial charge in [-0.1, -0.05) is 48.5 Å². The maximum atomic E-state index is 5.11. The van der Waals surface area contributed by atoms with Crippen molar-refractivity contribution < 1.29 is 0 Å². The summed E-state index contributed by atoms with van der Waals surface area (Å²) < 4.78 is 0. The van der Waals surface area contributed by atoms with Gasteiger partial charge in [-0.3, -0.25) is 0 Å². The fourth-order valence-electron chi connectivity index (χ4n) is 3.94. The van der Waals surface area contributed by atoms with Crippen molar-refractivity contribution in [1.82, 2.24) is 19.9 Å². The number of hydrogen-bond acceptors (Lipinski definition) is 5. The summed E-state index contributed by atoms with van der Waals surface area (Å²) >= 11 is 3.68. The summed E-state index contributed by atoms with van der Waals surface area (Å²) in [6, 6.07) is 0. The van der Waals surface area contributed by atoms with Crippen molar-refractivity contribution in [2.45, 2.75) is 91.4 Å². The summed E-state index contributed by atoms with van der Waals surface area (Å²) in [5.41, 5.74) is 3.52. The van der Waals surface area contributed by atoms with Crippen molar-refractivity contribution in [2.75, 3.05) is 0 Å². The zero-order chi connectivity index (χ0) is 21.6. The van der Waals surface area contributed by atoms with Gasteiger partial charge in [0.15, 0.2) is 0 Å². The summed E-state index contributed by atoms with van der Waals surface area (Å²) in [6.45, 7) is 20.2. The molecule has 0 aliphatic rings. The molecule has 158 valence electrons. The number of aryl methyl sites for hydroxylation is 2. The molecule has 0 aromatic carbocycles. The van der Waals surface area contributed by atoms with Crippen molar-refractivity contribution in [3.05, 3.63) is 49.4 Å². The van der Waals surface area contributed by atoms with Crippen LogP contribution in [0.2, 0.25) is 0 Å². The Morgan fingerprint density at radius 1 is 0.862 bits per heavy atom. The molecule has 0 saturated heterocycles. The number of nitrogens with zero attached hydrogens (tertiary/aromatic N) is 3.